The molecule has 0 aromatic carbocycles. The van der Waals surface area contributed by atoms with Crippen LogP contribution in [0.2, 0.25) is 0 Å². The fraction of sp³-hybridized carbons (Fsp3) is 0.643. The molecule has 1 aromatic heterocycles. The Morgan fingerprint density at radius 1 is 1.35 bits per heavy atom. The summed E-state index contributed by atoms with van der Waals surface area (Å²) in [4.78, 5) is 8.42. The SMILES string of the molecule is CCCC1CCC(C#N)C(Sc2nc(N)cc(N)n2)C1. The van der Waals surface area contributed by atoms with Gasteiger partial charge in [0.1, 0.15) is 11.6 Å². The third-order valence-electron chi connectivity index (χ3n) is 3.77. The second-order valence-corrected chi connectivity index (χ2v) is 6.57. The molecule has 0 spiro atoms. The maximum Gasteiger partial charge on any atom is 0.191 e. The minimum absolute atomic E-state index is 0.0689. The van der Waals surface area contributed by atoms with Gasteiger partial charge in [0, 0.05) is 11.3 Å². The molecule has 1 saturated carbocycles. The van der Waals surface area contributed by atoms with Gasteiger partial charge in [-0.25, -0.2) is 9.97 Å². The van der Waals surface area contributed by atoms with Crippen molar-refractivity contribution in [3.05, 3.63) is 6.07 Å². The average Bonchev–Trinajstić information content (AvgIpc) is 2.38. The maximum atomic E-state index is 9.31. The summed E-state index contributed by atoms with van der Waals surface area (Å²) in [5.41, 5.74) is 11.4. The van der Waals surface area contributed by atoms with E-state index < -0.39 is 0 Å². The number of nitriles is 1. The summed E-state index contributed by atoms with van der Waals surface area (Å²) in [5.74, 6) is 1.55. The van der Waals surface area contributed by atoms with Gasteiger partial charge in [-0.3, -0.25) is 0 Å². The lowest BCUT2D eigenvalue weighted by Crippen LogP contribution is -2.26. The van der Waals surface area contributed by atoms with Gasteiger partial charge < -0.3 is 11.5 Å². The zero-order valence-corrected chi connectivity index (χ0v) is 12.6. The van der Waals surface area contributed by atoms with Crippen molar-refractivity contribution in [3.63, 3.8) is 0 Å². The Balaban J connectivity index is 2.09. The number of nitrogens with zero attached hydrogens (tertiary/aromatic N) is 3. The molecule has 1 fully saturated rings. The van der Waals surface area contributed by atoms with Crippen molar-refractivity contribution in [1.82, 2.24) is 9.97 Å². The lowest BCUT2D eigenvalue weighted by atomic mass is 9.80. The third-order valence-corrected chi connectivity index (χ3v) is 4.98. The predicted octanol–water partition coefficient (Wildman–Crippen LogP) is 2.84. The first-order valence-electron chi connectivity index (χ1n) is 7.08. The lowest BCUT2D eigenvalue weighted by molar-refractivity contribution is 0.306. The third kappa shape index (κ3) is 3.76. The van der Waals surface area contributed by atoms with Crippen LogP contribution in [0.5, 0.6) is 0 Å². The van der Waals surface area contributed by atoms with E-state index in [2.05, 4.69) is 23.0 Å². The molecule has 0 bridgehead atoms. The van der Waals surface area contributed by atoms with Crippen molar-refractivity contribution in [2.45, 2.75) is 49.4 Å². The van der Waals surface area contributed by atoms with Crippen LogP contribution >= 0.6 is 11.8 Å². The summed E-state index contributed by atoms with van der Waals surface area (Å²) in [6.07, 6.45) is 5.60. The Bertz CT molecular complexity index is 479. The van der Waals surface area contributed by atoms with Crippen LogP contribution in [0.4, 0.5) is 11.6 Å². The molecule has 5 nitrogen and oxygen atoms in total. The fourth-order valence-corrected chi connectivity index (χ4v) is 4.13. The van der Waals surface area contributed by atoms with E-state index in [1.165, 1.54) is 12.8 Å². The molecule has 2 rings (SSSR count). The second-order valence-electron chi connectivity index (χ2n) is 5.36. The first-order chi connectivity index (χ1) is 9.62. The fourth-order valence-electron chi connectivity index (χ4n) is 2.81. The Hall–Kier alpha value is -1.48. The Morgan fingerprint density at radius 2 is 2.05 bits per heavy atom. The van der Waals surface area contributed by atoms with Crippen LogP contribution < -0.4 is 11.5 Å². The van der Waals surface area contributed by atoms with E-state index in [-0.39, 0.29) is 11.2 Å². The largest absolute Gasteiger partial charge is 0.383 e. The molecule has 0 saturated heterocycles. The highest BCUT2D eigenvalue weighted by atomic mass is 32.2. The molecule has 20 heavy (non-hydrogen) atoms. The predicted molar refractivity (Wildman–Crippen MR) is 81.9 cm³/mol. The number of nitrogen functional groups attached to an aromatic ring is 2. The number of nitrogens with two attached hydrogens (primary N) is 2. The van der Waals surface area contributed by atoms with Gasteiger partial charge in [0.25, 0.3) is 0 Å². The molecule has 0 amide bonds. The van der Waals surface area contributed by atoms with Crippen LogP contribution in [0.3, 0.4) is 0 Å². The van der Waals surface area contributed by atoms with Gasteiger partial charge in [-0.05, 0) is 25.2 Å². The highest BCUT2D eigenvalue weighted by Gasteiger charge is 2.31. The summed E-state index contributed by atoms with van der Waals surface area (Å²) in [7, 11) is 0. The lowest BCUT2D eigenvalue weighted by Gasteiger charge is -2.31. The summed E-state index contributed by atoms with van der Waals surface area (Å²) in [6, 6.07) is 3.98. The Labute approximate surface area is 124 Å². The first-order valence-corrected chi connectivity index (χ1v) is 7.96. The Kier molecular flexibility index (Phi) is 5.07. The number of hydrogen-bond acceptors (Lipinski definition) is 6. The van der Waals surface area contributed by atoms with Crippen LogP contribution in [0.25, 0.3) is 0 Å². The van der Waals surface area contributed by atoms with Gasteiger partial charge in [-0.15, -0.1) is 0 Å². The average molecular weight is 291 g/mol. The molecule has 1 aliphatic carbocycles. The minimum atomic E-state index is 0.0689. The van der Waals surface area contributed by atoms with Crippen molar-refractivity contribution in [3.8, 4) is 6.07 Å². The topological polar surface area (TPSA) is 102 Å². The minimum Gasteiger partial charge on any atom is -0.383 e. The van der Waals surface area contributed by atoms with Gasteiger partial charge in [0.05, 0.1) is 12.0 Å². The van der Waals surface area contributed by atoms with Gasteiger partial charge in [-0.1, -0.05) is 31.5 Å². The van der Waals surface area contributed by atoms with E-state index in [0.29, 0.717) is 22.7 Å². The molecule has 1 heterocycles. The van der Waals surface area contributed by atoms with E-state index in [1.807, 2.05) is 0 Å². The summed E-state index contributed by atoms with van der Waals surface area (Å²) < 4.78 is 0. The van der Waals surface area contributed by atoms with E-state index in [1.54, 1.807) is 17.8 Å². The molecular weight excluding hydrogens is 270 g/mol. The van der Waals surface area contributed by atoms with Gasteiger partial charge in [-0.2, -0.15) is 5.26 Å². The smallest absolute Gasteiger partial charge is 0.191 e. The van der Waals surface area contributed by atoms with Crippen LogP contribution in [-0.2, 0) is 0 Å². The van der Waals surface area contributed by atoms with Crippen molar-refractivity contribution in [2.24, 2.45) is 11.8 Å². The molecular formula is C14H21N5S. The van der Waals surface area contributed by atoms with Crippen LogP contribution in [0.15, 0.2) is 11.2 Å². The first kappa shape index (κ1) is 14.9. The van der Waals surface area contributed by atoms with Crippen LogP contribution in [0.1, 0.15) is 39.0 Å². The van der Waals surface area contributed by atoms with Gasteiger partial charge >= 0.3 is 0 Å². The molecule has 1 aliphatic rings. The van der Waals surface area contributed by atoms with E-state index >= 15 is 0 Å². The van der Waals surface area contributed by atoms with Crippen molar-refractivity contribution < 1.29 is 0 Å². The number of rotatable bonds is 4. The molecule has 4 N–H and O–H groups in total. The molecule has 0 radical (unpaired) electrons. The monoisotopic (exact) mass is 291 g/mol. The van der Waals surface area contributed by atoms with E-state index in [4.69, 9.17) is 11.5 Å². The molecule has 1 aromatic rings. The number of hydrogen-bond donors (Lipinski definition) is 2. The van der Waals surface area contributed by atoms with Crippen molar-refractivity contribution in [1.29, 1.82) is 5.26 Å². The summed E-state index contributed by atoms with van der Waals surface area (Å²) in [6.45, 7) is 2.21. The number of aromatic nitrogens is 2. The quantitative estimate of drug-likeness (QED) is 0.827. The van der Waals surface area contributed by atoms with Crippen LogP contribution in [0, 0.1) is 23.2 Å². The zero-order chi connectivity index (χ0) is 14.5. The summed E-state index contributed by atoms with van der Waals surface area (Å²) in [5, 5.41) is 10.1. The van der Waals surface area contributed by atoms with Gasteiger partial charge in [0.2, 0.25) is 0 Å². The van der Waals surface area contributed by atoms with Crippen molar-refractivity contribution in [2.75, 3.05) is 11.5 Å². The van der Waals surface area contributed by atoms with Crippen LogP contribution in [-0.4, -0.2) is 15.2 Å². The number of anilines is 2. The molecule has 3 unspecified atom stereocenters. The molecule has 108 valence electrons. The van der Waals surface area contributed by atoms with Crippen molar-refractivity contribution >= 4 is 23.4 Å². The Morgan fingerprint density at radius 3 is 2.65 bits per heavy atom. The zero-order valence-electron chi connectivity index (χ0n) is 11.7. The molecule has 3 atom stereocenters. The molecule has 0 aliphatic heterocycles. The highest BCUT2D eigenvalue weighted by molar-refractivity contribution is 7.99. The normalized spacial score (nSPS) is 26.1. The van der Waals surface area contributed by atoms with E-state index in [0.717, 1.165) is 19.3 Å². The number of thioether (sulfide) groups is 1. The summed E-state index contributed by atoms with van der Waals surface area (Å²) >= 11 is 1.55. The highest BCUT2D eigenvalue weighted by Crippen LogP contribution is 2.40. The van der Waals surface area contributed by atoms with Gasteiger partial charge in [0.15, 0.2) is 5.16 Å². The van der Waals surface area contributed by atoms with E-state index in [9.17, 15) is 5.26 Å². The standard InChI is InChI=1S/C14H21N5S/c1-2-3-9-4-5-10(8-15)11(6-9)20-14-18-12(16)7-13(17)19-14/h7,9-11H,2-6H2,1H3,(H4,16,17,18,19). The maximum absolute atomic E-state index is 9.31. The molecule has 6 heteroatoms. The second kappa shape index (κ2) is 6.80.